The Labute approximate surface area is 108 Å². The maximum Gasteiger partial charge on any atom is 0.125 e. The Kier molecular flexibility index (Phi) is 3.04. The van der Waals surface area contributed by atoms with Crippen LogP contribution in [0.2, 0.25) is 0 Å². The fraction of sp³-hybridized carbons (Fsp3) is 0.600. The Hall–Kier alpha value is -1.06. The molecule has 1 aromatic carbocycles. The van der Waals surface area contributed by atoms with E-state index >= 15 is 0 Å². The van der Waals surface area contributed by atoms with Gasteiger partial charge in [-0.3, -0.25) is 0 Å². The van der Waals surface area contributed by atoms with Crippen molar-refractivity contribution in [2.75, 3.05) is 7.11 Å². The predicted molar refractivity (Wildman–Crippen MR) is 68.6 cm³/mol. The molecule has 18 heavy (non-hydrogen) atoms. The summed E-state index contributed by atoms with van der Waals surface area (Å²) in [6, 6.07) is 7.81. The number of rotatable bonds is 1. The van der Waals surface area contributed by atoms with Gasteiger partial charge in [0, 0.05) is 25.5 Å². The zero-order chi connectivity index (χ0) is 12.6. The number of hydrogen-bond acceptors (Lipinski definition) is 3. The van der Waals surface area contributed by atoms with Gasteiger partial charge in [0.25, 0.3) is 0 Å². The lowest BCUT2D eigenvalue weighted by atomic mass is 9.76. The molecule has 3 heteroatoms. The second kappa shape index (κ2) is 4.56. The van der Waals surface area contributed by atoms with E-state index in [1.165, 1.54) is 0 Å². The van der Waals surface area contributed by atoms with Gasteiger partial charge in [-0.15, -0.1) is 0 Å². The van der Waals surface area contributed by atoms with Gasteiger partial charge in [-0.2, -0.15) is 0 Å². The molecule has 0 amide bonds. The average molecular weight is 248 g/mol. The van der Waals surface area contributed by atoms with Gasteiger partial charge in [-0.05, 0) is 25.3 Å². The van der Waals surface area contributed by atoms with E-state index in [0.717, 1.165) is 37.0 Å². The van der Waals surface area contributed by atoms with Gasteiger partial charge >= 0.3 is 0 Å². The fourth-order valence-corrected chi connectivity index (χ4v) is 3.34. The van der Waals surface area contributed by atoms with Crippen LogP contribution in [-0.2, 0) is 4.74 Å². The topological polar surface area (TPSA) is 38.7 Å². The summed E-state index contributed by atoms with van der Waals surface area (Å²) in [5.74, 6) is 0.841. The van der Waals surface area contributed by atoms with Crippen LogP contribution < -0.4 is 4.74 Å². The van der Waals surface area contributed by atoms with Crippen molar-refractivity contribution in [3.63, 3.8) is 0 Å². The highest BCUT2D eigenvalue weighted by atomic mass is 16.5. The van der Waals surface area contributed by atoms with Crippen molar-refractivity contribution in [1.29, 1.82) is 0 Å². The number of ether oxygens (including phenoxy) is 2. The number of benzene rings is 1. The number of aliphatic hydroxyl groups excluding tert-OH is 1. The highest BCUT2D eigenvalue weighted by Gasteiger charge is 2.44. The van der Waals surface area contributed by atoms with E-state index in [1.54, 1.807) is 7.11 Å². The molecular weight excluding hydrogens is 228 g/mol. The van der Waals surface area contributed by atoms with Crippen LogP contribution in [0.4, 0.5) is 0 Å². The lowest BCUT2D eigenvalue weighted by Crippen LogP contribution is -2.46. The normalized spacial score (nSPS) is 35.0. The van der Waals surface area contributed by atoms with Crippen LogP contribution >= 0.6 is 0 Å². The molecule has 1 aliphatic carbocycles. The molecule has 1 heterocycles. The smallest absolute Gasteiger partial charge is 0.125 e. The molecule has 1 aliphatic heterocycles. The number of hydrogen-bond donors (Lipinski definition) is 1. The zero-order valence-corrected chi connectivity index (χ0v) is 10.8. The van der Waals surface area contributed by atoms with Crippen LogP contribution in [0.15, 0.2) is 24.3 Å². The number of para-hydroxylation sites is 1. The number of fused-ring (bicyclic) bond motifs is 1. The molecule has 0 saturated heterocycles. The Morgan fingerprint density at radius 1 is 1.33 bits per heavy atom. The molecule has 3 atom stereocenters. The molecule has 1 N–H and O–H groups in total. The van der Waals surface area contributed by atoms with Gasteiger partial charge in [0.1, 0.15) is 11.4 Å². The molecule has 3 nitrogen and oxygen atoms in total. The highest BCUT2D eigenvalue weighted by molar-refractivity contribution is 5.38. The molecule has 0 aromatic heterocycles. The van der Waals surface area contributed by atoms with Gasteiger partial charge in [-0.25, -0.2) is 0 Å². The van der Waals surface area contributed by atoms with E-state index in [4.69, 9.17) is 9.47 Å². The molecule has 2 aliphatic rings. The number of aliphatic hydroxyl groups is 1. The summed E-state index contributed by atoms with van der Waals surface area (Å²) in [5, 5.41) is 10.3. The van der Waals surface area contributed by atoms with E-state index in [9.17, 15) is 5.11 Å². The van der Waals surface area contributed by atoms with Crippen LogP contribution in [0.5, 0.6) is 5.75 Å². The molecule has 1 spiro atoms. The molecular formula is C15H20O3. The summed E-state index contributed by atoms with van der Waals surface area (Å²) >= 11 is 0. The predicted octanol–water partition coefficient (Wildman–Crippen LogP) is 2.83. The summed E-state index contributed by atoms with van der Waals surface area (Å²) in [5.41, 5.74) is 0.690. The Morgan fingerprint density at radius 3 is 3.00 bits per heavy atom. The van der Waals surface area contributed by atoms with Crippen LogP contribution in [0.25, 0.3) is 0 Å². The van der Waals surface area contributed by atoms with E-state index < -0.39 is 6.10 Å². The molecule has 98 valence electrons. The average Bonchev–Trinajstić information content (AvgIpc) is 2.38. The first-order valence-corrected chi connectivity index (χ1v) is 6.71. The van der Waals surface area contributed by atoms with Crippen molar-refractivity contribution in [2.45, 2.75) is 49.9 Å². The van der Waals surface area contributed by atoms with Gasteiger partial charge in [0.05, 0.1) is 12.2 Å². The third kappa shape index (κ3) is 2.02. The van der Waals surface area contributed by atoms with Crippen molar-refractivity contribution < 1.29 is 14.6 Å². The van der Waals surface area contributed by atoms with Crippen LogP contribution in [-0.4, -0.2) is 23.9 Å². The molecule has 3 rings (SSSR count). The van der Waals surface area contributed by atoms with E-state index in [2.05, 4.69) is 0 Å². The third-order valence-electron chi connectivity index (χ3n) is 4.26. The zero-order valence-electron chi connectivity index (χ0n) is 10.8. The SMILES string of the molecule is COC1CCCC2(C1)CC(O)c1ccccc1O2. The molecule has 0 radical (unpaired) electrons. The summed E-state index contributed by atoms with van der Waals surface area (Å²) < 4.78 is 11.7. The van der Waals surface area contributed by atoms with Gasteiger partial charge in [0.15, 0.2) is 0 Å². The lowest BCUT2D eigenvalue weighted by molar-refractivity contribution is -0.0796. The van der Waals surface area contributed by atoms with Crippen LogP contribution in [0, 0.1) is 0 Å². The maximum absolute atomic E-state index is 10.3. The van der Waals surface area contributed by atoms with Gasteiger partial charge < -0.3 is 14.6 Å². The fourth-order valence-electron chi connectivity index (χ4n) is 3.34. The van der Waals surface area contributed by atoms with Gasteiger partial charge in [0.2, 0.25) is 0 Å². The first-order chi connectivity index (χ1) is 8.72. The van der Waals surface area contributed by atoms with Crippen LogP contribution in [0.3, 0.4) is 0 Å². The van der Waals surface area contributed by atoms with E-state index in [0.29, 0.717) is 6.42 Å². The summed E-state index contributed by atoms with van der Waals surface area (Å²) in [6.07, 6.45) is 4.63. The molecule has 3 unspecified atom stereocenters. The summed E-state index contributed by atoms with van der Waals surface area (Å²) in [4.78, 5) is 0. The van der Waals surface area contributed by atoms with Crippen molar-refractivity contribution >= 4 is 0 Å². The standard InChI is InChI=1S/C15H20O3/c1-17-11-5-4-8-15(9-11)10-13(16)12-6-2-3-7-14(12)18-15/h2-3,6-7,11,13,16H,4-5,8-10H2,1H3. The molecule has 1 fully saturated rings. The number of methoxy groups -OCH3 is 1. The quantitative estimate of drug-likeness (QED) is 0.830. The van der Waals surface area contributed by atoms with E-state index in [-0.39, 0.29) is 11.7 Å². The highest BCUT2D eigenvalue weighted by Crippen LogP contribution is 2.46. The molecule has 0 bridgehead atoms. The molecule has 1 saturated carbocycles. The minimum absolute atomic E-state index is 0.229. The Balaban J connectivity index is 1.88. The van der Waals surface area contributed by atoms with Crippen molar-refractivity contribution in [1.82, 2.24) is 0 Å². The van der Waals surface area contributed by atoms with Crippen LogP contribution in [0.1, 0.15) is 43.8 Å². The maximum atomic E-state index is 10.3. The first-order valence-electron chi connectivity index (χ1n) is 6.71. The molecule has 1 aromatic rings. The second-order valence-electron chi connectivity index (χ2n) is 5.50. The Bertz CT molecular complexity index is 432. The van der Waals surface area contributed by atoms with Crippen molar-refractivity contribution in [2.24, 2.45) is 0 Å². The van der Waals surface area contributed by atoms with Crippen molar-refractivity contribution in [3.05, 3.63) is 29.8 Å². The van der Waals surface area contributed by atoms with E-state index in [1.807, 2.05) is 24.3 Å². The second-order valence-corrected chi connectivity index (χ2v) is 5.50. The monoisotopic (exact) mass is 248 g/mol. The minimum atomic E-state index is -0.412. The summed E-state index contributed by atoms with van der Waals surface area (Å²) in [6.45, 7) is 0. The minimum Gasteiger partial charge on any atom is -0.487 e. The largest absolute Gasteiger partial charge is 0.487 e. The van der Waals surface area contributed by atoms with Crippen molar-refractivity contribution in [3.8, 4) is 5.75 Å². The van der Waals surface area contributed by atoms with Gasteiger partial charge in [-0.1, -0.05) is 18.2 Å². The summed E-state index contributed by atoms with van der Waals surface area (Å²) in [7, 11) is 1.76. The Morgan fingerprint density at radius 2 is 2.17 bits per heavy atom. The third-order valence-corrected chi connectivity index (χ3v) is 4.26. The lowest BCUT2D eigenvalue weighted by Gasteiger charge is -2.45. The first kappa shape index (κ1) is 12.0.